The van der Waals surface area contributed by atoms with E-state index >= 15 is 0 Å². The first-order valence-electron chi connectivity index (χ1n) is 12.1. The van der Waals surface area contributed by atoms with E-state index in [1.807, 2.05) is 0 Å². The maximum absolute atomic E-state index is 13.4. The predicted octanol–water partition coefficient (Wildman–Crippen LogP) is -1.46. The summed E-state index contributed by atoms with van der Waals surface area (Å²) in [5, 5.41) is 94.0. The summed E-state index contributed by atoms with van der Waals surface area (Å²) in [6.07, 6.45) is -15.4. The molecule has 1 aromatic heterocycles. The van der Waals surface area contributed by atoms with Gasteiger partial charge in [0.05, 0.1) is 24.3 Å². The van der Waals surface area contributed by atoms with Crippen LogP contribution in [0.15, 0.2) is 45.6 Å². The van der Waals surface area contributed by atoms with Gasteiger partial charge in [-0.2, -0.15) is 0 Å². The molecule has 2 saturated heterocycles. The quantitative estimate of drug-likeness (QED) is 0.182. The van der Waals surface area contributed by atoms with E-state index in [2.05, 4.69) is 0 Å². The highest BCUT2D eigenvalue weighted by atomic mass is 16.5. The molecule has 39 heavy (non-hydrogen) atoms. The lowest BCUT2D eigenvalue weighted by molar-refractivity contribution is -0.232. The molecular formula is C26H28O13. The Morgan fingerprint density at radius 1 is 0.795 bits per heavy atom. The van der Waals surface area contributed by atoms with Crippen molar-refractivity contribution in [3.63, 3.8) is 0 Å². The molecule has 5 rings (SSSR count). The van der Waals surface area contributed by atoms with Gasteiger partial charge in [0.25, 0.3) is 0 Å². The van der Waals surface area contributed by atoms with E-state index in [4.69, 9.17) is 13.9 Å². The van der Waals surface area contributed by atoms with Crippen LogP contribution in [-0.4, -0.2) is 102 Å². The zero-order valence-electron chi connectivity index (χ0n) is 20.2. The molecule has 3 heterocycles. The van der Waals surface area contributed by atoms with E-state index in [0.717, 1.165) is 6.07 Å². The van der Waals surface area contributed by atoms with Crippen molar-refractivity contribution in [2.24, 2.45) is 0 Å². The Kier molecular flexibility index (Phi) is 7.37. The molecule has 210 valence electrons. The zero-order valence-corrected chi connectivity index (χ0v) is 20.2. The van der Waals surface area contributed by atoms with Crippen LogP contribution in [0.5, 0.6) is 11.5 Å². The fourth-order valence-electron chi connectivity index (χ4n) is 5.09. The summed E-state index contributed by atoms with van der Waals surface area (Å²) in [6.45, 7) is -1.29. The molecule has 0 aliphatic carbocycles. The third kappa shape index (κ3) is 4.47. The van der Waals surface area contributed by atoms with E-state index in [9.17, 15) is 50.8 Å². The molecule has 0 spiro atoms. The highest BCUT2D eigenvalue weighted by Crippen LogP contribution is 2.50. The molecule has 13 heteroatoms. The highest BCUT2D eigenvalue weighted by Gasteiger charge is 2.48. The van der Waals surface area contributed by atoms with Crippen molar-refractivity contribution in [2.75, 3.05) is 13.2 Å². The molecule has 2 aromatic carbocycles. The average Bonchev–Trinajstić information content (AvgIpc) is 2.93. The second-order valence-corrected chi connectivity index (χ2v) is 9.62. The van der Waals surface area contributed by atoms with Crippen molar-refractivity contribution in [2.45, 2.75) is 54.9 Å². The van der Waals surface area contributed by atoms with Crippen molar-refractivity contribution >= 4 is 11.0 Å². The van der Waals surface area contributed by atoms with Gasteiger partial charge in [-0.1, -0.05) is 30.3 Å². The van der Waals surface area contributed by atoms with Gasteiger partial charge in [0.2, 0.25) is 0 Å². The Balaban J connectivity index is 1.80. The van der Waals surface area contributed by atoms with Crippen molar-refractivity contribution in [3.8, 4) is 22.8 Å². The fourth-order valence-corrected chi connectivity index (χ4v) is 5.09. The maximum Gasteiger partial charge on any atom is 0.197 e. The molecule has 0 unspecified atom stereocenters. The number of hydrogen-bond acceptors (Lipinski definition) is 13. The second-order valence-electron chi connectivity index (χ2n) is 9.62. The highest BCUT2D eigenvalue weighted by molar-refractivity contribution is 5.91. The molecule has 0 saturated carbocycles. The molecule has 2 fully saturated rings. The van der Waals surface area contributed by atoms with Gasteiger partial charge >= 0.3 is 0 Å². The molecule has 2 aliphatic heterocycles. The van der Waals surface area contributed by atoms with E-state index in [1.165, 1.54) is 0 Å². The van der Waals surface area contributed by atoms with Crippen molar-refractivity contribution in [1.29, 1.82) is 0 Å². The summed E-state index contributed by atoms with van der Waals surface area (Å²) in [5.41, 5.74) is -1.79. The van der Waals surface area contributed by atoms with Crippen LogP contribution in [0.2, 0.25) is 0 Å². The van der Waals surface area contributed by atoms with E-state index < -0.39 is 107 Å². The van der Waals surface area contributed by atoms with E-state index in [-0.39, 0.29) is 5.76 Å². The number of aliphatic hydroxyl groups excluding tert-OH is 7. The molecule has 13 nitrogen and oxygen atoms in total. The number of benzene rings is 2. The lowest BCUT2D eigenvalue weighted by Gasteiger charge is -2.41. The van der Waals surface area contributed by atoms with Crippen molar-refractivity contribution < 1.29 is 59.8 Å². The van der Waals surface area contributed by atoms with Gasteiger partial charge in [-0.3, -0.25) is 4.79 Å². The third-order valence-corrected chi connectivity index (χ3v) is 7.21. The Labute approximate surface area is 220 Å². The van der Waals surface area contributed by atoms with Gasteiger partial charge in [0.15, 0.2) is 11.0 Å². The van der Waals surface area contributed by atoms with Gasteiger partial charge in [0, 0.05) is 11.6 Å². The third-order valence-electron chi connectivity index (χ3n) is 7.21. The Hall–Kier alpha value is -3.11. The smallest absolute Gasteiger partial charge is 0.197 e. The summed E-state index contributed by atoms with van der Waals surface area (Å²) in [7, 11) is 0. The van der Waals surface area contributed by atoms with Gasteiger partial charge in [-0.15, -0.1) is 0 Å². The minimum atomic E-state index is -1.95. The topological polar surface area (TPSA) is 231 Å². The van der Waals surface area contributed by atoms with Gasteiger partial charge in [-0.05, 0) is 0 Å². The van der Waals surface area contributed by atoms with Crippen LogP contribution in [0, 0.1) is 0 Å². The first kappa shape index (κ1) is 27.5. The van der Waals surface area contributed by atoms with Crippen molar-refractivity contribution in [3.05, 3.63) is 57.7 Å². The Morgan fingerprint density at radius 3 is 2.13 bits per heavy atom. The van der Waals surface area contributed by atoms with Gasteiger partial charge in [0.1, 0.15) is 77.6 Å². The molecule has 2 aliphatic rings. The first-order chi connectivity index (χ1) is 18.6. The minimum Gasteiger partial charge on any atom is -0.507 e. The second kappa shape index (κ2) is 10.5. The molecule has 0 amide bonds. The number of rotatable bonds is 4. The summed E-state index contributed by atoms with van der Waals surface area (Å²) in [4.78, 5) is 13.4. The number of aliphatic hydroxyl groups is 7. The van der Waals surface area contributed by atoms with Crippen LogP contribution in [-0.2, 0) is 9.47 Å². The van der Waals surface area contributed by atoms with Crippen LogP contribution >= 0.6 is 0 Å². The lowest BCUT2D eigenvalue weighted by Crippen LogP contribution is -2.55. The number of aromatic hydroxyl groups is 2. The van der Waals surface area contributed by atoms with Crippen LogP contribution in [0.1, 0.15) is 23.3 Å². The van der Waals surface area contributed by atoms with Gasteiger partial charge in [-0.25, -0.2) is 0 Å². The SMILES string of the molecule is O=c1cc(-c2ccccc2)oc2c([C@H]3OC[C@@H](O)[C@@H](O)[C@@H]3O)c(O)c([C@H]3O[C@@H](CO)[C@@H](O)[C@@H](O)[C@H]3O)c(O)c12. The molecular weight excluding hydrogens is 520 g/mol. The standard InChI is InChI=1S/C26H28O13/c27-7-13-18(31)21(34)23(36)26(39-13)15-19(32)14-10(28)6-12(9-4-2-1-3-5-9)38-24(14)16(20(15)33)25-22(35)17(30)11(29)8-37-25/h1-6,11,13,17-18,21-23,25-27,29-36H,7-8H2/t11-,13+,17-,18-,21-,22+,23-,25-,26-/m1/s1. The summed E-state index contributed by atoms with van der Waals surface area (Å²) >= 11 is 0. The zero-order chi connectivity index (χ0) is 28.2. The Morgan fingerprint density at radius 2 is 1.46 bits per heavy atom. The predicted molar refractivity (Wildman–Crippen MR) is 131 cm³/mol. The van der Waals surface area contributed by atoms with E-state index in [1.54, 1.807) is 30.3 Å². The summed E-state index contributed by atoms with van der Waals surface area (Å²) in [5.74, 6) is -1.75. The fraction of sp³-hybridized carbons (Fsp3) is 0.423. The van der Waals surface area contributed by atoms with E-state index in [0.29, 0.717) is 5.56 Å². The number of phenols is 2. The number of fused-ring (bicyclic) bond motifs is 1. The minimum absolute atomic E-state index is 0.0274. The molecule has 3 aromatic rings. The van der Waals surface area contributed by atoms with Crippen LogP contribution in [0.4, 0.5) is 0 Å². The molecule has 9 N–H and O–H groups in total. The van der Waals surface area contributed by atoms with Gasteiger partial charge < -0.3 is 59.8 Å². The largest absolute Gasteiger partial charge is 0.507 e. The lowest BCUT2D eigenvalue weighted by atomic mass is 9.85. The van der Waals surface area contributed by atoms with Crippen LogP contribution < -0.4 is 5.43 Å². The Bertz CT molecular complexity index is 1400. The molecule has 0 radical (unpaired) electrons. The number of phenolic OH excluding ortho intramolecular Hbond substituents is 2. The average molecular weight is 548 g/mol. The normalized spacial score (nSPS) is 33.4. The number of hydrogen-bond donors (Lipinski definition) is 9. The first-order valence-corrected chi connectivity index (χ1v) is 12.1. The van der Waals surface area contributed by atoms with Crippen LogP contribution in [0.3, 0.4) is 0 Å². The maximum atomic E-state index is 13.4. The number of ether oxygens (including phenoxy) is 2. The van der Waals surface area contributed by atoms with Crippen LogP contribution in [0.25, 0.3) is 22.3 Å². The van der Waals surface area contributed by atoms with Crippen molar-refractivity contribution in [1.82, 2.24) is 0 Å². The molecule has 0 bridgehead atoms. The summed E-state index contributed by atoms with van der Waals surface area (Å²) in [6, 6.07) is 9.45. The molecule has 9 atom stereocenters. The monoisotopic (exact) mass is 548 g/mol. The summed E-state index contributed by atoms with van der Waals surface area (Å²) < 4.78 is 17.0.